The molecule has 0 radical (unpaired) electrons. The molecule has 10 nitrogen and oxygen atoms in total. The van der Waals surface area contributed by atoms with Crippen LogP contribution < -0.4 is 10.5 Å². The Hall–Kier alpha value is -2.82. The van der Waals surface area contributed by atoms with Crippen molar-refractivity contribution in [2.75, 3.05) is 18.6 Å². The van der Waals surface area contributed by atoms with Crippen molar-refractivity contribution in [3.05, 3.63) is 60.8 Å². The zero-order valence-electron chi connectivity index (χ0n) is 30.3. The van der Waals surface area contributed by atoms with Gasteiger partial charge in [-0.3, -0.25) is 0 Å². The molecule has 1 saturated heterocycles. The van der Waals surface area contributed by atoms with Gasteiger partial charge in [0, 0.05) is 23.3 Å². The fourth-order valence-electron chi connectivity index (χ4n) is 5.39. The molecule has 0 bridgehead atoms. The summed E-state index contributed by atoms with van der Waals surface area (Å²) in [5.41, 5.74) is 9.83. The van der Waals surface area contributed by atoms with Gasteiger partial charge in [0.25, 0.3) is 0 Å². The predicted molar refractivity (Wildman–Crippen MR) is 200 cm³/mol. The Morgan fingerprint density at radius 3 is 2.10 bits per heavy atom. The Labute approximate surface area is 291 Å². The minimum absolute atomic E-state index is 0.00848. The van der Waals surface area contributed by atoms with Crippen LogP contribution in [0.2, 0.25) is 36.3 Å². The number of benzene rings is 1. The van der Waals surface area contributed by atoms with E-state index in [-0.39, 0.29) is 28.4 Å². The highest BCUT2D eigenvalue weighted by Crippen LogP contribution is 2.47. The fourth-order valence-corrected chi connectivity index (χ4v) is 9.07. The summed E-state index contributed by atoms with van der Waals surface area (Å²) in [5.74, 6) is 2.31. The molecule has 0 amide bonds. The third-order valence-corrected chi connectivity index (χ3v) is 20.3. The van der Waals surface area contributed by atoms with Gasteiger partial charge in [-0.15, -0.1) is 0 Å². The normalized spacial score (nSPS) is 20.8. The molecule has 0 spiro atoms. The summed E-state index contributed by atoms with van der Waals surface area (Å²) < 4.78 is 29.5. The lowest BCUT2D eigenvalue weighted by Gasteiger charge is -2.44. The van der Waals surface area contributed by atoms with Crippen molar-refractivity contribution in [3.63, 3.8) is 0 Å². The zero-order chi connectivity index (χ0) is 35.1. The van der Waals surface area contributed by atoms with Crippen molar-refractivity contribution < 1.29 is 18.3 Å². The van der Waals surface area contributed by atoms with Crippen molar-refractivity contribution in [2.24, 2.45) is 0 Å². The van der Waals surface area contributed by atoms with Crippen LogP contribution in [0.4, 0.5) is 5.82 Å². The molecule has 1 aromatic carbocycles. The molecule has 0 saturated carbocycles. The lowest BCUT2D eigenvalue weighted by Crippen LogP contribution is -2.53. The van der Waals surface area contributed by atoms with Crippen molar-refractivity contribution in [1.82, 2.24) is 24.5 Å². The second-order valence-electron chi connectivity index (χ2n) is 15.6. The number of fused-ring (bicyclic) bond motifs is 1. The molecule has 4 heterocycles. The average molecular weight is 709 g/mol. The van der Waals surface area contributed by atoms with Crippen LogP contribution in [0, 0.1) is 0 Å². The van der Waals surface area contributed by atoms with Gasteiger partial charge in [0.1, 0.15) is 36.3 Å². The van der Waals surface area contributed by atoms with E-state index in [0.717, 1.165) is 27.9 Å². The minimum atomic E-state index is -2.29. The van der Waals surface area contributed by atoms with Crippen LogP contribution in [-0.2, 0) is 19.3 Å². The molecule has 3 aromatic heterocycles. The number of thioether (sulfide) groups is 1. The molecule has 4 atom stereocenters. The Morgan fingerprint density at radius 2 is 1.48 bits per heavy atom. The number of rotatable bonds is 11. The third kappa shape index (κ3) is 7.36. The number of hydrogen-bond donors (Lipinski definition) is 1. The number of nitrogens with two attached hydrogens (primary N) is 1. The predicted octanol–water partition coefficient (Wildman–Crippen LogP) is 8.09. The van der Waals surface area contributed by atoms with E-state index in [2.05, 4.69) is 104 Å². The van der Waals surface area contributed by atoms with Crippen LogP contribution in [0.15, 0.2) is 55.2 Å². The first-order valence-corrected chi connectivity index (χ1v) is 23.5. The number of ether oxygens (including phenoxy) is 2. The van der Waals surface area contributed by atoms with Crippen LogP contribution in [-0.4, -0.2) is 72.3 Å². The summed E-state index contributed by atoms with van der Waals surface area (Å²) in [7, 11) is -2.91. The van der Waals surface area contributed by atoms with Gasteiger partial charge >= 0.3 is 0 Å². The maximum Gasteiger partial charge on any atom is 0.220 e. The SMILES string of the molecule is COc1ncnc(-c2ccccc2)c1CSC[C@H]1O[C@@H](n2ccc3c(N)ncnc32)[C@H](O[Si](C)(C)C(C)(C)C)[C@@H]1O[Si](C)(C)C(C)(C)C. The molecule has 4 aromatic rings. The third-order valence-electron chi connectivity index (χ3n) is 10.2. The van der Waals surface area contributed by atoms with Crippen LogP contribution in [0.3, 0.4) is 0 Å². The van der Waals surface area contributed by atoms with Crippen LogP contribution >= 0.6 is 11.8 Å². The van der Waals surface area contributed by atoms with Crippen molar-refractivity contribution in [3.8, 4) is 17.1 Å². The van der Waals surface area contributed by atoms with E-state index < -0.39 is 22.9 Å². The van der Waals surface area contributed by atoms with E-state index in [4.69, 9.17) is 24.1 Å². The number of nitrogens with zero attached hydrogens (tertiary/aromatic N) is 5. The molecule has 48 heavy (non-hydrogen) atoms. The summed E-state index contributed by atoms with van der Waals surface area (Å²) in [6, 6.07) is 12.1. The quantitative estimate of drug-likeness (QED) is 0.153. The number of nitrogen functional groups attached to an aromatic ring is 1. The Balaban J connectivity index is 1.54. The van der Waals surface area contributed by atoms with Crippen molar-refractivity contribution >= 4 is 45.2 Å². The minimum Gasteiger partial charge on any atom is -0.481 e. The maximum atomic E-state index is 7.33. The van der Waals surface area contributed by atoms with Crippen LogP contribution in [0.1, 0.15) is 53.3 Å². The molecule has 1 aliphatic heterocycles. The second kappa shape index (κ2) is 13.8. The van der Waals surface area contributed by atoms with Crippen LogP contribution in [0.25, 0.3) is 22.3 Å². The molecule has 1 aliphatic rings. The molecule has 260 valence electrons. The van der Waals surface area contributed by atoms with Crippen molar-refractivity contribution in [2.45, 2.75) is 108 Å². The second-order valence-corrected chi connectivity index (χ2v) is 26.1. The summed E-state index contributed by atoms with van der Waals surface area (Å²) in [4.78, 5) is 18.0. The van der Waals surface area contributed by atoms with Gasteiger partial charge in [0.2, 0.25) is 5.88 Å². The molecule has 1 fully saturated rings. The summed E-state index contributed by atoms with van der Waals surface area (Å²) in [6.45, 7) is 22.8. The van der Waals surface area contributed by atoms with Gasteiger partial charge in [-0.2, -0.15) is 11.8 Å². The average Bonchev–Trinajstić information content (AvgIpc) is 3.58. The number of methoxy groups -OCH3 is 1. The molecule has 2 N–H and O–H groups in total. The van der Waals surface area contributed by atoms with Gasteiger partial charge in [-0.25, -0.2) is 19.9 Å². The van der Waals surface area contributed by atoms with Gasteiger partial charge in [-0.05, 0) is 42.3 Å². The smallest absolute Gasteiger partial charge is 0.220 e. The Kier molecular flexibility index (Phi) is 10.5. The maximum absolute atomic E-state index is 7.33. The molecule has 0 aliphatic carbocycles. The highest BCUT2D eigenvalue weighted by molar-refractivity contribution is 7.98. The monoisotopic (exact) mass is 708 g/mol. The Morgan fingerprint density at radius 1 is 0.854 bits per heavy atom. The first kappa shape index (κ1) is 36.5. The lowest BCUT2D eigenvalue weighted by molar-refractivity contribution is -0.0244. The van der Waals surface area contributed by atoms with Gasteiger partial charge in [0.15, 0.2) is 22.9 Å². The van der Waals surface area contributed by atoms with Gasteiger partial charge in [-0.1, -0.05) is 71.9 Å². The molecular formula is C35H52N6O4SSi2. The van der Waals surface area contributed by atoms with E-state index in [1.54, 1.807) is 25.2 Å². The van der Waals surface area contributed by atoms with E-state index in [1.165, 1.54) is 6.33 Å². The topological polar surface area (TPSA) is 119 Å². The summed E-state index contributed by atoms with van der Waals surface area (Å²) in [6.07, 6.45) is 3.63. The van der Waals surface area contributed by atoms with Gasteiger partial charge in [0.05, 0.1) is 29.9 Å². The highest BCUT2D eigenvalue weighted by atomic mass is 32.2. The largest absolute Gasteiger partial charge is 0.481 e. The van der Waals surface area contributed by atoms with Crippen molar-refractivity contribution in [1.29, 1.82) is 0 Å². The highest BCUT2D eigenvalue weighted by Gasteiger charge is 2.54. The number of aromatic nitrogens is 5. The molecule has 5 rings (SSSR count). The first-order valence-electron chi connectivity index (χ1n) is 16.5. The standard InChI is InChI=1S/C35H52N6O4SSi2/c1-34(2,3)47(8,9)44-28-26(20-46-19-25-27(23-15-13-12-14-16-23)37-21-40-32(25)42-7)43-33(29(28)45-48(10,11)35(4,5)6)41-18-17-24-30(36)38-22-39-31(24)41/h12-18,21-22,26,28-29,33H,19-20H2,1-11H3,(H2,36,38,39)/t26-,28-,29-,33-/m1/s1. The van der Waals surface area contributed by atoms with E-state index in [0.29, 0.717) is 23.2 Å². The molecular weight excluding hydrogens is 657 g/mol. The summed E-state index contributed by atoms with van der Waals surface area (Å²) in [5, 5.41) is 0.761. The fraction of sp³-hybridized carbons (Fsp3) is 0.543. The summed E-state index contributed by atoms with van der Waals surface area (Å²) >= 11 is 1.76. The molecule has 13 heteroatoms. The first-order chi connectivity index (χ1) is 22.4. The van der Waals surface area contributed by atoms with E-state index in [1.807, 2.05) is 30.5 Å². The van der Waals surface area contributed by atoms with Crippen LogP contribution in [0.5, 0.6) is 5.88 Å². The zero-order valence-corrected chi connectivity index (χ0v) is 33.1. The van der Waals surface area contributed by atoms with E-state index >= 15 is 0 Å². The lowest BCUT2D eigenvalue weighted by atomic mass is 10.1. The molecule has 0 unspecified atom stereocenters. The number of anilines is 1. The van der Waals surface area contributed by atoms with E-state index in [9.17, 15) is 0 Å². The Bertz CT molecular complexity index is 1710. The number of hydrogen-bond acceptors (Lipinski definition) is 10. The van der Waals surface area contributed by atoms with Gasteiger partial charge < -0.3 is 28.6 Å².